The summed E-state index contributed by atoms with van der Waals surface area (Å²) in [6, 6.07) is 4.31. The van der Waals surface area contributed by atoms with E-state index < -0.39 is 0 Å². The molecule has 0 N–H and O–H groups in total. The van der Waals surface area contributed by atoms with E-state index in [1.165, 1.54) is 0 Å². The van der Waals surface area contributed by atoms with Crippen molar-refractivity contribution >= 4 is 11.6 Å². The number of likely N-dealkylation sites (tertiary alicyclic amines) is 1. The highest BCUT2D eigenvalue weighted by molar-refractivity contribution is 5.93. The van der Waals surface area contributed by atoms with Crippen molar-refractivity contribution in [2.75, 3.05) is 13.1 Å². The second-order valence-corrected chi connectivity index (χ2v) is 6.75. The molecule has 0 unspecified atom stereocenters. The Kier molecular flexibility index (Phi) is 4.03. The molecule has 1 aliphatic heterocycles. The molecule has 1 amide bonds. The Balaban J connectivity index is 1.56. The Morgan fingerprint density at radius 3 is 3.08 bits per heavy atom. The molecule has 1 aliphatic rings. The Labute approximate surface area is 147 Å². The monoisotopic (exact) mass is 337 g/mol. The molecule has 1 fully saturated rings. The summed E-state index contributed by atoms with van der Waals surface area (Å²) in [5.74, 6) is 1.10. The van der Waals surface area contributed by atoms with Crippen molar-refractivity contribution < 1.29 is 4.79 Å². The maximum Gasteiger partial charge on any atom is 0.274 e. The molecule has 6 nitrogen and oxygen atoms in total. The number of imidazole rings is 2. The first-order valence-electron chi connectivity index (χ1n) is 8.92. The van der Waals surface area contributed by atoms with Gasteiger partial charge in [-0.3, -0.25) is 4.79 Å². The van der Waals surface area contributed by atoms with Crippen LogP contribution in [0.5, 0.6) is 0 Å². The Morgan fingerprint density at radius 1 is 1.36 bits per heavy atom. The quantitative estimate of drug-likeness (QED) is 0.738. The van der Waals surface area contributed by atoms with Crippen LogP contribution in [0.1, 0.15) is 47.7 Å². The van der Waals surface area contributed by atoms with E-state index in [9.17, 15) is 4.79 Å². The molecule has 1 saturated heterocycles. The summed E-state index contributed by atoms with van der Waals surface area (Å²) in [5, 5.41) is 0. The summed E-state index contributed by atoms with van der Waals surface area (Å²) in [4.78, 5) is 23.8. The van der Waals surface area contributed by atoms with Crippen LogP contribution in [0.3, 0.4) is 0 Å². The Morgan fingerprint density at radius 2 is 2.24 bits per heavy atom. The number of hydrogen-bond donors (Lipinski definition) is 0. The lowest BCUT2D eigenvalue weighted by molar-refractivity contribution is 0.0672. The number of piperidine rings is 1. The lowest BCUT2D eigenvalue weighted by atomic mass is 10.0. The van der Waals surface area contributed by atoms with Crippen LogP contribution in [0.4, 0.5) is 0 Å². The predicted octanol–water partition coefficient (Wildman–Crippen LogP) is 2.88. The van der Waals surface area contributed by atoms with E-state index in [1.807, 2.05) is 53.1 Å². The second kappa shape index (κ2) is 6.35. The normalized spacial score (nSPS) is 18.0. The minimum absolute atomic E-state index is 0.0178. The molecule has 0 radical (unpaired) electrons. The molecule has 1 atom stereocenters. The van der Waals surface area contributed by atoms with Crippen LogP contribution in [-0.2, 0) is 6.42 Å². The fraction of sp³-hybridized carbons (Fsp3) is 0.421. The van der Waals surface area contributed by atoms with Gasteiger partial charge in [-0.05, 0) is 37.5 Å². The number of carbonyl (C=O) groups excluding carboxylic acids is 1. The third-order valence-corrected chi connectivity index (χ3v) is 4.98. The first-order chi connectivity index (χ1) is 12.2. The minimum atomic E-state index is 0.0178. The molecule has 0 bridgehead atoms. The van der Waals surface area contributed by atoms with Crippen molar-refractivity contribution in [3.63, 3.8) is 0 Å². The maximum atomic E-state index is 12.9. The van der Waals surface area contributed by atoms with Gasteiger partial charge in [0.25, 0.3) is 5.91 Å². The van der Waals surface area contributed by atoms with Gasteiger partial charge in [-0.15, -0.1) is 0 Å². The molecule has 130 valence electrons. The highest BCUT2D eigenvalue weighted by Crippen LogP contribution is 2.24. The van der Waals surface area contributed by atoms with Crippen molar-refractivity contribution in [2.24, 2.45) is 0 Å². The zero-order valence-electron chi connectivity index (χ0n) is 14.7. The third kappa shape index (κ3) is 2.92. The molecule has 25 heavy (non-hydrogen) atoms. The molecule has 0 aliphatic carbocycles. The van der Waals surface area contributed by atoms with Crippen LogP contribution in [0, 0.1) is 6.92 Å². The fourth-order valence-electron chi connectivity index (χ4n) is 3.67. The number of amides is 1. The van der Waals surface area contributed by atoms with Crippen molar-refractivity contribution in [3.05, 3.63) is 54.0 Å². The van der Waals surface area contributed by atoms with Gasteiger partial charge in [-0.1, -0.05) is 6.92 Å². The standard InChI is InChI=1S/C19H23N5O/c1-3-17-20-7-10-24(17)15-5-4-8-23(12-15)19(25)16-13-22-9-6-14(2)11-18(22)21-16/h6-7,9-11,13,15H,3-5,8,12H2,1-2H3/t15-/m0/s1. The summed E-state index contributed by atoms with van der Waals surface area (Å²) in [6.45, 7) is 5.65. The van der Waals surface area contributed by atoms with E-state index in [1.54, 1.807) is 0 Å². The highest BCUT2D eigenvalue weighted by Gasteiger charge is 2.27. The molecule has 3 aromatic rings. The molecule has 6 heteroatoms. The van der Waals surface area contributed by atoms with Gasteiger partial charge in [0.1, 0.15) is 17.2 Å². The number of carbonyl (C=O) groups is 1. The van der Waals surface area contributed by atoms with Crippen molar-refractivity contribution in [1.29, 1.82) is 0 Å². The highest BCUT2D eigenvalue weighted by atomic mass is 16.2. The SMILES string of the molecule is CCc1nccn1[C@H]1CCCN(C(=O)c2cn3ccc(C)cc3n2)C1. The number of rotatable bonds is 3. The number of pyridine rings is 1. The molecule has 0 aromatic carbocycles. The molecular weight excluding hydrogens is 314 g/mol. The number of aryl methyl sites for hydroxylation is 2. The Hall–Kier alpha value is -2.63. The van der Waals surface area contributed by atoms with Crippen LogP contribution in [-0.4, -0.2) is 42.8 Å². The van der Waals surface area contributed by atoms with Gasteiger partial charge in [0.2, 0.25) is 0 Å². The zero-order valence-corrected chi connectivity index (χ0v) is 14.7. The van der Waals surface area contributed by atoms with Crippen LogP contribution in [0.25, 0.3) is 5.65 Å². The summed E-state index contributed by atoms with van der Waals surface area (Å²) < 4.78 is 4.14. The zero-order chi connectivity index (χ0) is 17.4. The van der Waals surface area contributed by atoms with Gasteiger partial charge in [-0.25, -0.2) is 9.97 Å². The first kappa shape index (κ1) is 15.9. The van der Waals surface area contributed by atoms with E-state index in [0.717, 1.165) is 49.4 Å². The van der Waals surface area contributed by atoms with E-state index >= 15 is 0 Å². The van der Waals surface area contributed by atoms with Gasteiger partial charge in [0, 0.05) is 44.3 Å². The topological polar surface area (TPSA) is 55.4 Å². The summed E-state index contributed by atoms with van der Waals surface area (Å²) in [7, 11) is 0. The molecule has 3 aromatic heterocycles. The Bertz CT molecular complexity index is 910. The molecule has 4 rings (SSSR count). The lowest BCUT2D eigenvalue weighted by Crippen LogP contribution is -2.41. The van der Waals surface area contributed by atoms with E-state index in [2.05, 4.69) is 21.5 Å². The number of nitrogens with zero attached hydrogens (tertiary/aromatic N) is 5. The van der Waals surface area contributed by atoms with Crippen LogP contribution in [0.15, 0.2) is 36.9 Å². The lowest BCUT2D eigenvalue weighted by Gasteiger charge is -2.33. The van der Waals surface area contributed by atoms with Crippen LogP contribution < -0.4 is 0 Å². The summed E-state index contributed by atoms with van der Waals surface area (Å²) in [6.07, 6.45) is 10.7. The first-order valence-corrected chi connectivity index (χ1v) is 8.92. The molecule has 0 spiro atoms. The van der Waals surface area contributed by atoms with E-state index in [-0.39, 0.29) is 5.91 Å². The van der Waals surface area contributed by atoms with Crippen molar-refractivity contribution in [3.8, 4) is 0 Å². The third-order valence-electron chi connectivity index (χ3n) is 4.98. The fourth-order valence-corrected chi connectivity index (χ4v) is 3.67. The van der Waals surface area contributed by atoms with Crippen molar-refractivity contribution in [1.82, 2.24) is 23.8 Å². The van der Waals surface area contributed by atoms with E-state index in [0.29, 0.717) is 11.7 Å². The predicted molar refractivity (Wildman–Crippen MR) is 95.7 cm³/mol. The molecule has 0 saturated carbocycles. The van der Waals surface area contributed by atoms with Gasteiger partial charge in [0.15, 0.2) is 0 Å². The van der Waals surface area contributed by atoms with E-state index in [4.69, 9.17) is 0 Å². The summed E-state index contributed by atoms with van der Waals surface area (Å²) >= 11 is 0. The molecule has 4 heterocycles. The van der Waals surface area contributed by atoms with Gasteiger partial charge >= 0.3 is 0 Å². The number of fused-ring (bicyclic) bond motifs is 1. The average molecular weight is 337 g/mol. The molecular formula is C19H23N5O. The van der Waals surface area contributed by atoms with Gasteiger partial charge in [-0.2, -0.15) is 0 Å². The number of aromatic nitrogens is 4. The van der Waals surface area contributed by atoms with Gasteiger partial charge < -0.3 is 13.9 Å². The number of hydrogen-bond acceptors (Lipinski definition) is 3. The van der Waals surface area contributed by atoms with Crippen LogP contribution >= 0.6 is 0 Å². The van der Waals surface area contributed by atoms with Crippen LogP contribution in [0.2, 0.25) is 0 Å². The average Bonchev–Trinajstić information content (AvgIpc) is 3.27. The van der Waals surface area contributed by atoms with Crippen molar-refractivity contribution in [2.45, 2.75) is 39.2 Å². The minimum Gasteiger partial charge on any atom is -0.335 e. The maximum absolute atomic E-state index is 12.9. The smallest absolute Gasteiger partial charge is 0.274 e. The summed E-state index contributed by atoms with van der Waals surface area (Å²) in [5.41, 5.74) is 2.48. The second-order valence-electron chi connectivity index (χ2n) is 6.75. The largest absolute Gasteiger partial charge is 0.335 e. The van der Waals surface area contributed by atoms with Gasteiger partial charge in [0.05, 0.1) is 6.04 Å².